The maximum absolute atomic E-state index is 11.6. The monoisotopic (exact) mass is 241 g/mol. The Bertz CT molecular complexity index is 334. The lowest BCUT2D eigenvalue weighted by atomic mass is 10.1. The molecule has 0 saturated heterocycles. The van der Waals surface area contributed by atoms with Crippen LogP contribution in [0.25, 0.3) is 0 Å². The van der Waals surface area contributed by atoms with E-state index in [9.17, 15) is 4.79 Å². The predicted octanol–water partition coefficient (Wildman–Crippen LogP) is 2.46. The summed E-state index contributed by atoms with van der Waals surface area (Å²) < 4.78 is 1.00. The van der Waals surface area contributed by atoms with Gasteiger partial charge in [0.25, 0.3) is 5.91 Å². The Labute approximate surface area is 86.7 Å². The van der Waals surface area contributed by atoms with Crippen LogP contribution in [0.1, 0.15) is 15.9 Å². The van der Waals surface area contributed by atoms with Gasteiger partial charge in [-0.2, -0.15) is 0 Å². The summed E-state index contributed by atoms with van der Waals surface area (Å²) >= 11 is 3.36. The fourth-order valence-corrected chi connectivity index (χ4v) is 1.58. The average molecular weight is 242 g/mol. The second kappa shape index (κ2) is 3.92. The second-order valence-corrected chi connectivity index (χ2v) is 4.07. The summed E-state index contributed by atoms with van der Waals surface area (Å²) in [6, 6.07) is 5.65. The summed E-state index contributed by atoms with van der Waals surface area (Å²) in [4.78, 5) is 13.2. The normalized spacial score (nSPS) is 9.85. The molecule has 3 heteroatoms. The number of nitrogens with zero attached hydrogens (tertiary/aromatic N) is 1. The molecule has 70 valence electrons. The van der Waals surface area contributed by atoms with Crippen molar-refractivity contribution < 1.29 is 4.79 Å². The molecule has 0 aliphatic rings. The van der Waals surface area contributed by atoms with Gasteiger partial charge in [-0.25, -0.2) is 0 Å². The first-order valence-electron chi connectivity index (χ1n) is 4.00. The van der Waals surface area contributed by atoms with Crippen LogP contribution in [0.15, 0.2) is 22.7 Å². The number of carbonyl (C=O) groups is 1. The van der Waals surface area contributed by atoms with Gasteiger partial charge in [0.1, 0.15) is 0 Å². The van der Waals surface area contributed by atoms with Crippen LogP contribution in [0, 0.1) is 6.92 Å². The zero-order valence-electron chi connectivity index (χ0n) is 7.97. The first kappa shape index (κ1) is 10.3. The molecule has 0 saturated carbocycles. The quantitative estimate of drug-likeness (QED) is 0.740. The lowest BCUT2D eigenvalue weighted by Crippen LogP contribution is -2.22. The van der Waals surface area contributed by atoms with Crippen molar-refractivity contribution in [1.29, 1.82) is 0 Å². The summed E-state index contributed by atoms with van der Waals surface area (Å²) in [7, 11) is 3.51. The van der Waals surface area contributed by atoms with E-state index in [4.69, 9.17) is 0 Å². The third kappa shape index (κ3) is 2.31. The maximum Gasteiger partial charge on any atom is 0.253 e. The van der Waals surface area contributed by atoms with Gasteiger partial charge >= 0.3 is 0 Å². The van der Waals surface area contributed by atoms with Gasteiger partial charge in [-0.1, -0.05) is 15.9 Å². The van der Waals surface area contributed by atoms with Gasteiger partial charge in [0.05, 0.1) is 0 Å². The summed E-state index contributed by atoms with van der Waals surface area (Å²) in [5.41, 5.74) is 1.75. The highest BCUT2D eigenvalue weighted by molar-refractivity contribution is 9.10. The van der Waals surface area contributed by atoms with Gasteiger partial charge in [-0.05, 0) is 30.7 Å². The molecule has 0 heterocycles. The fraction of sp³-hybridized carbons (Fsp3) is 0.300. The highest BCUT2D eigenvalue weighted by Gasteiger charge is 2.10. The van der Waals surface area contributed by atoms with Crippen LogP contribution >= 0.6 is 15.9 Å². The summed E-state index contributed by atoms with van der Waals surface area (Å²) in [5, 5.41) is 0. The molecule has 0 spiro atoms. The second-order valence-electron chi connectivity index (χ2n) is 3.16. The zero-order valence-corrected chi connectivity index (χ0v) is 9.55. The van der Waals surface area contributed by atoms with Crippen LogP contribution in [0.3, 0.4) is 0 Å². The highest BCUT2D eigenvalue weighted by atomic mass is 79.9. The number of amides is 1. The molecule has 2 nitrogen and oxygen atoms in total. The van der Waals surface area contributed by atoms with Gasteiger partial charge < -0.3 is 4.90 Å². The van der Waals surface area contributed by atoms with Gasteiger partial charge in [-0.15, -0.1) is 0 Å². The Balaban J connectivity index is 3.09. The largest absolute Gasteiger partial charge is 0.345 e. The molecule has 0 N–H and O–H groups in total. The summed E-state index contributed by atoms with van der Waals surface area (Å²) in [5.74, 6) is 0.0463. The number of hydrogen-bond acceptors (Lipinski definition) is 1. The molecular formula is C10H12BrNO. The van der Waals surface area contributed by atoms with Crippen molar-refractivity contribution in [3.8, 4) is 0 Å². The van der Waals surface area contributed by atoms with Crippen LogP contribution in [0.4, 0.5) is 0 Å². The summed E-state index contributed by atoms with van der Waals surface area (Å²) in [6.45, 7) is 1.93. The van der Waals surface area contributed by atoms with Crippen molar-refractivity contribution in [2.45, 2.75) is 6.92 Å². The van der Waals surface area contributed by atoms with Crippen LogP contribution in [0.5, 0.6) is 0 Å². The van der Waals surface area contributed by atoms with Crippen molar-refractivity contribution in [3.63, 3.8) is 0 Å². The minimum atomic E-state index is 0.0463. The van der Waals surface area contributed by atoms with Gasteiger partial charge in [0, 0.05) is 24.1 Å². The van der Waals surface area contributed by atoms with E-state index in [0.717, 1.165) is 15.6 Å². The van der Waals surface area contributed by atoms with Crippen molar-refractivity contribution in [1.82, 2.24) is 4.90 Å². The Hall–Kier alpha value is -0.830. The molecule has 0 bridgehead atoms. The Morgan fingerprint density at radius 2 is 2.00 bits per heavy atom. The molecule has 1 aromatic carbocycles. The molecule has 0 fully saturated rings. The van der Waals surface area contributed by atoms with Crippen molar-refractivity contribution in [2.24, 2.45) is 0 Å². The number of carbonyl (C=O) groups excluding carboxylic acids is 1. The van der Waals surface area contributed by atoms with Crippen molar-refractivity contribution in [2.75, 3.05) is 14.1 Å². The molecule has 0 aromatic heterocycles. The first-order chi connectivity index (χ1) is 6.02. The molecule has 0 atom stereocenters. The third-order valence-electron chi connectivity index (χ3n) is 1.83. The Morgan fingerprint density at radius 3 is 2.46 bits per heavy atom. The molecule has 0 unspecified atom stereocenters. The van der Waals surface area contributed by atoms with E-state index in [1.165, 1.54) is 0 Å². The SMILES string of the molecule is Cc1cc(Br)ccc1C(=O)N(C)C. The topological polar surface area (TPSA) is 20.3 Å². The van der Waals surface area contributed by atoms with Gasteiger partial charge in [0.15, 0.2) is 0 Å². The van der Waals surface area contributed by atoms with E-state index in [1.807, 2.05) is 25.1 Å². The fourth-order valence-electron chi connectivity index (χ4n) is 1.11. The molecule has 13 heavy (non-hydrogen) atoms. The van der Waals surface area contributed by atoms with Crippen molar-refractivity contribution in [3.05, 3.63) is 33.8 Å². The van der Waals surface area contributed by atoms with Crippen LogP contribution in [0.2, 0.25) is 0 Å². The van der Waals surface area contributed by atoms with Crippen LogP contribution < -0.4 is 0 Å². The average Bonchev–Trinajstić information content (AvgIpc) is 2.03. The maximum atomic E-state index is 11.6. The molecule has 1 rings (SSSR count). The van der Waals surface area contributed by atoms with E-state index in [1.54, 1.807) is 19.0 Å². The Morgan fingerprint density at radius 1 is 1.38 bits per heavy atom. The molecule has 0 aliphatic carbocycles. The summed E-state index contributed by atoms with van der Waals surface area (Å²) in [6.07, 6.45) is 0. The van der Waals surface area contributed by atoms with E-state index in [2.05, 4.69) is 15.9 Å². The van der Waals surface area contributed by atoms with Crippen molar-refractivity contribution >= 4 is 21.8 Å². The Kier molecular flexibility index (Phi) is 3.09. The minimum absolute atomic E-state index is 0.0463. The third-order valence-corrected chi connectivity index (χ3v) is 2.32. The van der Waals surface area contributed by atoms with Gasteiger partial charge in [0.2, 0.25) is 0 Å². The number of hydrogen-bond donors (Lipinski definition) is 0. The van der Waals surface area contributed by atoms with Gasteiger partial charge in [-0.3, -0.25) is 4.79 Å². The van der Waals surface area contributed by atoms with Crippen LogP contribution in [-0.2, 0) is 0 Å². The van der Waals surface area contributed by atoms with E-state index in [0.29, 0.717) is 0 Å². The minimum Gasteiger partial charge on any atom is -0.345 e. The zero-order chi connectivity index (χ0) is 10.0. The van der Waals surface area contributed by atoms with E-state index < -0.39 is 0 Å². The molecule has 0 aliphatic heterocycles. The lowest BCUT2D eigenvalue weighted by molar-refractivity contribution is 0.0827. The number of benzene rings is 1. The highest BCUT2D eigenvalue weighted by Crippen LogP contribution is 2.16. The number of halogens is 1. The van der Waals surface area contributed by atoms with Crippen LogP contribution in [-0.4, -0.2) is 24.9 Å². The number of rotatable bonds is 1. The standard InChI is InChI=1S/C10H12BrNO/c1-7-6-8(11)4-5-9(7)10(13)12(2)3/h4-6H,1-3H3. The van der Waals surface area contributed by atoms with E-state index >= 15 is 0 Å². The molecule has 1 amide bonds. The smallest absolute Gasteiger partial charge is 0.253 e. The predicted molar refractivity (Wildman–Crippen MR) is 56.9 cm³/mol. The molecule has 0 radical (unpaired) electrons. The molecule has 1 aromatic rings. The number of aryl methyl sites for hydroxylation is 1. The lowest BCUT2D eigenvalue weighted by Gasteiger charge is -2.12. The first-order valence-corrected chi connectivity index (χ1v) is 4.79. The molecular weight excluding hydrogens is 230 g/mol. The van der Waals surface area contributed by atoms with E-state index in [-0.39, 0.29) is 5.91 Å².